The molecule has 2 aromatic rings. The third-order valence-electron chi connectivity index (χ3n) is 2.31. The molecule has 0 spiro atoms. The van der Waals surface area contributed by atoms with E-state index in [2.05, 4.69) is 16.3 Å². The number of rotatable bonds is 5. The number of aliphatic carboxylic acids is 1. The summed E-state index contributed by atoms with van der Waals surface area (Å²) in [4.78, 5) is 10.5. The Morgan fingerprint density at radius 3 is 3.11 bits per heavy atom. The minimum atomic E-state index is -0.897. The summed E-state index contributed by atoms with van der Waals surface area (Å²) in [6, 6.07) is 9.30. The lowest BCUT2D eigenvalue weighted by atomic mass is 10.1. The van der Waals surface area contributed by atoms with Crippen molar-refractivity contribution < 1.29 is 9.90 Å². The van der Waals surface area contributed by atoms with Crippen LogP contribution in [0.3, 0.4) is 0 Å². The second kappa shape index (κ2) is 6.02. The molecule has 0 bridgehead atoms. The molecule has 96 valence electrons. The zero-order valence-electron chi connectivity index (χ0n) is 9.85. The largest absolute Gasteiger partial charge is 0.481 e. The molecule has 0 aliphatic rings. The highest BCUT2D eigenvalue weighted by Crippen LogP contribution is 2.16. The summed E-state index contributed by atoms with van der Waals surface area (Å²) in [7, 11) is 0. The van der Waals surface area contributed by atoms with E-state index in [9.17, 15) is 4.79 Å². The minimum absolute atomic E-state index is 0.0586. The van der Waals surface area contributed by atoms with Gasteiger partial charge in [0.05, 0.1) is 23.9 Å². The molecule has 2 rings (SSSR count). The fraction of sp³-hybridized carbons (Fsp3) is 0.167. The van der Waals surface area contributed by atoms with Crippen molar-refractivity contribution in [3.63, 3.8) is 0 Å². The molecule has 0 aliphatic heterocycles. The van der Waals surface area contributed by atoms with Crippen LogP contribution in [0.1, 0.15) is 11.1 Å². The van der Waals surface area contributed by atoms with Crippen LogP contribution in [-0.2, 0) is 11.3 Å². The Hall–Kier alpha value is -2.33. The topological polar surface area (TPSA) is 91.8 Å². The molecule has 1 N–H and O–H groups in total. The molecule has 1 aromatic heterocycles. The Kier molecular flexibility index (Phi) is 4.15. The van der Waals surface area contributed by atoms with Crippen molar-refractivity contribution >= 4 is 17.7 Å². The lowest BCUT2D eigenvalue weighted by molar-refractivity contribution is -0.133. The molecule has 0 amide bonds. The molecule has 1 aromatic carbocycles. The zero-order valence-corrected chi connectivity index (χ0v) is 10.7. The van der Waals surface area contributed by atoms with Crippen molar-refractivity contribution in [3.8, 4) is 6.07 Å². The smallest absolute Gasteiger partial charge is 0.313 e. The third kappa shape index (κ3) is 3.56. The summed E-state index contributed by atoms with van der Waals surface area (Å²) in [6.07, 6.45) is 1.54. The lowest BCUT2D eigenvalue weighted by Gasteiger charge is -2.05. The van der Waals surface area contributed by atoms with Crippen molar-refractivity contribution in [3.05, 3.63) is 41.7 Å². The molecule has 0 saturated carbocycles. The number of carboxylic acid groups (broad SMARTS) is 1. The van der Waals surface area contributed by atoms with Gasteiger partial charge in [-0.2, -0.15) is 5.26 Å². The molecular formula is C12H10N4O2S. The standard InChI is InChI=1S/C12H10N4O2S/c13-5-9-2-1-3-10(4-9)6-16-8-14-15-12(16)19-7-11(17)18/h1-4,8H,6-7H2,(H,17,18). The van der Waals surface area contributed by atoms with E-state index < -0.39 is 5.97 Å². The van der Waals surface area contributed by atoms with Gasteiger partial charge in [0.2, 0.25) is 0 Å². The third-order valence-corrected chi connectivity index (χ3v) is 3.28. The number of hydrogen-bond acceptors (Lipinski definition) is 5. The maximum Gasteiger partial charge on any atom is 0.313 e. The molecule has 0 fully saturated rings. The summed E-state index contributed by atoms with van der Waals surface area (Å²) in [6.45, 7) is 0.504. The van der Waals surface area contributed by atoms with E-state index in [0.29, 0.717) is 17.3 Å². The van der Waals surface area contributed by atoms with Crippen LogP contribution in [0, 0.1) is 11.3 Å². The number of nitrogens with zero attached hydrogens (tertiary/aromatic N) is 4. The number of hydrogen-bond donors (Lipinski definition) is 1. The Morgan fingerprint density at radius 1 is 1.53 bits per heavy atom. The van der Waals surface area contributed by atoms with E-state index in [1.54, 1.807) is 23.0 Å². The lowest BCUT2D eigenvalue weighted by Crippen LogP contribution is -2.03. The van der Waals surface area contributed by atoms with Gasteiger partial charge in [-0.15, -0.1) is 10.2 Å². The molecule has 0 atom stereocenters. The maximum absolute atomic E-state index is 10.5. The molecule has 1 heterocycles. The van der Waals surface area contributed by atoms with Crippen LogP contribution in [0.15, 0.2) is 35.7 Å². The van der Waals surface area contributed by atoms with Gasteiger partial charge >= 0.3 is 5.97 Å². The maximum atomic E-state index is 10.5. The fourth-order valence-electron chi connectivity index (χ4n) is 1.53. The minimum Gasteiger partial charge on any atom is -0.481 e. The number of benzene rings is 1. The molecule has 0 aliphatic carbocycles. The number of thioether (sulfide) groups is 1. The normalized spacial score (nSPS) is 10.1. The van der Waals surface area contributed by atoms with Crippen LogP contribution >= 0.6 is 11.8 Å². The average Bonchev–Trinajstić information content (AvgIpc) is 2.84. The monoisotopic (exact) mass is 274 g/mol. The van der Waals surface area contributed by atoms with Crippen molar-refractivity contribution in [1.29, 1.82) is 5.26 Å². The molecule has 19 heavy (non-hydrogen) atoms. The van der Waals surface area contributed by atoms with Gasteiger partial charge in [-0.05, 0) is 17.7 Å². The second-order valence-electron chi connectivity index (χ2n) is 3.74. The number of carbonyl (C=O) groups is 1. The van der Waals surface area contributed by atoms with Gasteiger partial charge in [0, 0.05) is 0 Å². The van der Waals surface area contributed by atoms with Gasteiger partial charge in [0.25, 0.3) is 0 Å². The number of carboxylic acids is 1. The zero-order chi connectivity index (χ0) is 13.7. The SMILES string of the molecule is N#Cc1cccc(Cn2cnnc2SCC(=O)O)c1. The number of aromatic nitrogens is 3. The Labute approximate surface area is 113 Å². The molecule has 6 nitrogen and oxygen atoms in total. The predicted molar refractivity (Wildman–Crippen MR) is 68.6 cm³/mol. The van der Waals surface area contributed by atoms with Crippen LogP contribution in [0.4, 0.5) is 0 Å². The Bertz CT molecular complexity index is 633. The van der Waals surface area contributed by atoms with Crippen molar-refractivity contribution in [2.24, 2.45) is 0 Å². The molecular weight excluding hydrogens is 264 g/mol. The van der Waals surface area contributed by atoms with Gasteiger partial charge in [-0.25, -0.2) is 0 Å². The van der Waals surface area contributed by atoms with E-state index in [1.807, 2.05) is 12.1 Å². The highest BCUT2D eigenvalue weighted by Gasteiger charge is 2.08. The molecule has 0 unspecified atom stereocenters. The van der Waals surface area contributed by atoms with Crippen molar-refractivity contribution in [2.75, 3.05) is 5.75 Å². The second-order valence-corrected chi connectivity index (χ2v) is 4.68. The van der Waals surface area contributed by atoms with Gasteiger partial charge in [-0.1, -0.05) is 23.9 Å². The summed E-state index contributed by atoms with van der Waals surface area (Å²) < 4.78 is 1.75. The Morgan fingerprint density at radius 2 is 2.37 bits per heavy atom. The van der Waals surface area contributed by atoms with Crippen LogP contribution in [0.2, 0.25) is 0 Å². The summed E-state index contributed by atoms with van der Waals surface area (Å²) in [5, 5.41) is 25.7. The average molecular weight is 274 g/mol. The summed E-state index contributed by atoms with van der Waals surface area (Å²) in [5.74, 6) is -0.956. The van der Waals surface area contributed by atoms with Crippen molar-refractivity contribution in [2.45, 2.75) is 11.7 Å². The van der Waals surface area contributed by atoms with E-state index in [1.165, 1.54) is 0 Å². The summed E-state index contributed by atoms with van der Waals surface area (Å²) in [5.41, 5.74) is 1.53. The first kappa shape index (κ1) is 13.1. The first-order valence-electron chi connectivity index (χ1n) is 5.40. The van der Waals surface area contributed by atoms with Crippen molar-refractivity contribution in [1.82, 2.24) is 14.8 Å². The van der Waals surface area contributed by atoms with Gasteiger partial charge in [-0.3, -0.25) is 4.79 Å². The van der Waals surface area contributed by atoms with Gasteiger partial charge < -0.3 is 9.67 Å². The first-order valence-corrected chi connectivity index (χ1v) is 6.39. The van der Waals surface area contributed by atoms with Crippen LogP contribution in [0.5, 0.6) is 0 Å². The highest BCUT2D eigenvalue weighted by molar-refractivity contribution is 7.99. The quantitative estimate of drug-likeness (QED) is 0.828. The van der Waals surface area contributed by atoms with E-state index in [4.69, 9.17) is 10.4 Å². The van der Waals surface area contributed by atoms with E-state index in [0.717, 1.165) is 17.3 Å². The van der Waals surface area contributed by atoms with Crippen LogP contribution in [-0.4, -0.2) is 31.6 Å². The van der Waals surface area contributed by atoms with Crippen LogP contribution in [0.25, 0.3) is 0 Å². The molecule has 0 saturated heterocycles. The fourth-order valence-corrected chi connectivity index (χ4v) is 2.16. The van der Waals surface area contributed by atoms with E-state index in [-0.39, 0.29) is 5.75 Å². The molecule has 0 radical (unpaired) electrons. The first-order chi connectivity index (χ1) is 9.19. The Balaban J connectivity index is 2.12. The highest BCUT2D eigenvalue weighted by atomic mass is 32.2. The van der Waals surface area contributed by atoms with Gasteiger partial charge in [0.15, 0.2) is 5.16 Å². The predicted octanol–water partition coefficient (Wildman–Crippen LogP) is 1.37. The summed E-state index contributed by atoms with van der Waals surface area (Å²) >= 11 is 1.12. The number of nitriles is 1. The van der Waals surface area contributed by atoms with Crippen LogP contribution < -0.4 is 0 Å². The van der Waals surface area contributed by atoms with Gasteiger partial charge in [0.1, 0.15) is 6.33 Å². The van der Waals surface area contributed by atoms with E-state index >= 15 is 0 Å². The molecule has 7 heteroatoms.